The number of aromatic nitrogens is 3. The van der Waals surface area contributed by atoms with Crippen LogP contribution in [0, 0.1) is 13.8 Å². The first-order chi connectivity index (χ1) is 14.1. The number of carbonyl (C=O) groups is 1. The summed E-state index contributed by atoms with van der Waals surface area (Å²) >= 11 is 0. The number of ether oxygens (including phenoxy) is 1. The van der Waals surface area contributed by atoms with Crippen LogP contribution >= 0.6 is 0 Å². The molecule has 0 aliphatic carbocycles. The lowest BCUT2D eigenvalue weighted by molar-refractivity contribution is 0.0528. The molecule has 0 aliphatic rings. The summed E-state index contributed by atoms with van der Waals surface area (Å²) in [5, 5.41) is 2.79. The van der Waals surface area contributed by atoms with Crippen LogP contribution < -0.4 is 10.9 Å². The Balaban J connectivity index is 2.01. The van der Waals surface area contributed by atoms with Crippen molar-refractivity contribution in [2.24, 2.45) is 7.05 Å². The van der Waals surface area contributed by atoms with Gasteiger partial charge in [-0.3, -0.25) is 9.48 Å². The molecule has 3 rings (SSSR count). The molecule has 1 aromatic carbocycles. The molecule has 2 aromatic heterocycles. The number of nitrogens with zero attached hydrogens (tertiary/aromatic N) is 3. The summed E-state index contributed by atoms with van der Waals surface area (Å²) in [7, 11) is 1.87. The predicted octanol–water partition coefficient (Wildman–Crippen LogP) is 3.65. The quantitative estimate of drug-likeness (QED) is 0.698. The van der Waals surface area contributed by atoms with Crippen molar-refractivity contribution in [3.05, 3.63) is 69.9 Å². The summed E-state index contributed by atoms with van der Waals surface area (Å²) in [4.78, 5) is 25.5. The van der Waals surface area contributed by atoms with Crippen LogP contribution in [0.25, 0.3) is 11.4 Å². The van der Waals surface area contributed by atoms with Crippen molar-refractivity contribution in [2.45, 2.75) is 46.6 Å². The number of amides is 1. The molecule has 0 radical (unpaired) electrons. The van der Waals surface area contributed by atoms with Gasteiger partial charge in [0.2, 0.25) is 0 Å². The minimum absolute atomic E-state index is 0.0987. The molecule has 7 nitrogen and oxygen atoms in total. The SMILES string of the molecule is Cc1ccc(C)n1-c1c(CCNC(=O)OC(C)(C)C)n(C)n(-c2ccccc2)c1=O. The Kier molecular flexibility index (Phi) is 5.92. The maximum atomic E-state index is 13.5. The number of rotatable bonds is 5. The molecule has 7 heteroatoms. The molecule has 160 valence electrons. The van der Waals surface area contributed by atoms with Gasteiger partial charge in [-0.1, -0.05) is 18.2 Å². The molecule has 0 saturated carbocycles. The molecule has 0 fully saturated rings. The molecule has 0 spiro atoms. The second-order valence-corrected chi connectivity index (χ2v) is 8.40. The maximum Gasteiger partial charge on any atom is 0.407 e. The molecule has 0 aliphatic heterocycles. The van der Waals surface area contributed by atoms with E-state index in [4.69, 9.17) is 4.74 Å². The number of hydrogen-bond donors (Lipinski definition) is 1. The highest BCUT2D eigenvalue weighted by molar-refractivity contribution is 5.67. The molecule has 3 aromatic rings. The normalized spacial score (nSPS) is 11.5. The Bertz CT molecular complexity index is 1080. The largest absolute Gasteiger partial charge is 0.444 e. The lowest BCUT2D eigenvalue weighted by Crippen LogP contribution is -2.33. The first kappa shape index (κ1) is 21.5. The van der Waals surface area contributed by atoms with E-state index >= 15 is 0 Å². The van der Waals surface area contributed by atoms with Crippen molar-refractivity contribution < 1.29 is 9.53 Å². The van der Waals surface area contributed by atoms with Crippen LogP contribution in [0.4, 0.5) is 4.79 Å². The zero-order chi connectivity index (χ0) is 22.1. The van der Waals surface area contributed by atoms with Gasteiger partial charge in [-0.15, -0.1) is 0 Å². The number of benzene rings is 1. The van der Waals surface area contributed by atoms with E-state index in [0.29, 0.717) is 18.7 Å². The van der Waals surface area contributed by atoms with Gasteiger partial charge in [-0.05, 0) is 58.9 Å². The predicted molar refractivity (Wildman–Crippen MR) is 118 cm³/mol. The van der Waals surface area contributed by atoms with Gasteiger partial charge in [0, 0.05) is 31.4 Å². The number of alkyl carbamates (subject to hydrolysis) is 1. The summed E-state index contributed by atoms with van der Waals surface area (Å²) in [6.45, 7) is 9.79. The molecule has 1 N–H and O–H groups in total. The molecule has 30 heavy (non-hydrogen) atoms. The van der Waals surface area contributed by atoms with Crippen LogP contribution in [0.15, 0.2) is 47.3 Å². The smallest absolute Gasteiger partial charge is 0.407 e. The van der Waals surface area contributed by atoms with Gasteiger partial charge in [0.25, 0.3) is 5.56 Å². The Hall–Kier alpha value is -3.22. The highest BCUT2D eigenvalue weighted by atomic mass is 16.6. The van der Waals surface area contributed by atoms with E-state index in [1.165, 1.54) is 0 Å². The zero-order valence-electron chi connectivity index (χ0n) is 18.5. The van der Waals surface area contributed by atoms with Gasteiger partial charge < -0.3 is 14.6 Å². The van der Waals surface area contributed by atoms with Crippen LogP contribution in [0.3, 0.4) is 0 Å². The summed E-state index contributed by atoms with van der Waals surface area (Å²) in [6.07, 6.45) is 0.0156. The molecule has 2 heterocycles. The van der Waals surface area contributed by atoms with Crippen molar-refractivity contribution in [1.29, 1.82) is 0 Å². The second kappa shape index (κ2) is 8.26. The number of nitrogens with one attached hydrogen (secondary N) is 1. The van der Waals surface area contributed by atoms with E-state index in [-0.39, 0.29) is 5.56 Å². The summed E-state index contributed by atoms with van der Waals surface area (Å²) in [5.41, 5.74) is 3.54. The van der Waals surface area contributed by atoms with Gasteiger partial charge in [0.15, 0.2) is 0 Å². The molecular formula is C23H30N4O3. The van der Waals surface area contributed by atoms with Crippen molar-refractivity contribution in [2.75, 3.05) is 6.54 Å². The van der Waals surface area contributed by atoms with Crippen LogP contribution in [0.1, 0.15) is 37.9 Å². The summed E-state index contributed by atoms with van der Waals surface area (Å²) in [6, 6.07) is 13.5. The fourth-order valence-electron chi connectivity index (χ4n) is 3.62. The minimum atomic E-state index is -0.557. The fraction of sp³-hybridized carbons (Fsp3) is 0.391. The Labute approximate surface area is 176 Å². The number of para-hydroxylation sites is 1. The van der Waals surface area contributed by atoms with Crippen molar-refractivity contribution in [3.63, 3.8) is 0 Å². The van der Waals surface area contributed by atoms with E-state index in [1.807, 2.05) is 93.4 Å². The first-order valence-corrected chi connectivity index (χ1v) is 10.1. The van der Waals surface area contributed by atoms with Crippen LogP contribution in [0.2, 0.25) is 0 Å². The Morgan fingerprint density at radius 3 is 2.20 bits per heavy atom. The van der Waals surface area contributed by atoms with Gasteiger partial charge >= 0.3 is 6.09 Å². The second-order valence-electron chi connectivity index (χ2n) is 8.40. The van der Waals surface area contributed by atoms with Crippen LogP contribution in [-0.4, -0.2) is 32.2 Å². The molecule has 0 saturated heterocycles. The average Bonchev–Trinajstić information content (AvgIpc) is 3.10. The highest BCUT2D eigenvalue weighted by Crippen LogP contribution is 2.20. The van der Waals surface area contributed by atoms with Gasteiger partial charge in [-0.2, -0.15) is 0 Å². The van der Waals surface area contributed by atoms with Gasteiger partial charge in [0.05, 0.1) is 11.4 Å². The molecule has 0 unspecified atom stereocenters. The topological polar surface area (TPSA) is 70.2 Å². The molecule has 0 bridgehead atoms. The zero-order valence-corrected chi connectivity index (χ0v) is 18.5. The molecular weight excluding hydrogens is 380 g/mol. The van der Waals surface area contributed by atoms with E-state index in [2.05, 4.69) is 5.32 Å². The van der Waals surface area contributed by atoms with E-state index in [1.54, 1.807) is 4.68 Å². The monoisotopic (exact) mass is 410 g/mol. The Morgan fingerprint density at radius 2 is 1.63 bits per heavy atom. The number of aryl methyl sites for hydroxylation is 2. The summed E-state index contributed by atoms with van der Waals surface area (Å²) in [5.74, 6) is 0. The van der Waals surface area contributed by atoms with E-state index in [9.17, 15) is 9.59 Å². The summed E-state index contributed by atoms with van der Waals surface area (Å²) < 4.78 is 10.8. The third-order valence-electron chi connectivity index (χ3n) is 4.88. The standard InChI is InChI=1S/C23H30N4O3/c1-16-12-13-17(2)26(16)20-19(14-15-24-22(29)30-23(3,4)5)25(6)27(21(20)28)18-10-8-7-9-11-18/h7-13H,14-15H2,1-6H3,(H,24,29). The third-order valence-corrected chi connectivity index (χ3v) is 4.88. The van der Waals surface area contributed by atoms with Crippen LogP contribution in [-0.2, 0) is 18.2 Å². The van der Waals surface area contributed by atoms with Crippen molar-refractivity contribution in [1.82, 2.24) is 19.2 Å². The molecule has 0 atom stereocenters. The highest BCUT2D eigenvalue weighted by Gasteiger charge is 2.23. The third kappa shape index (κ3) is 4.35. The van der Waals surface area contributed by atoms with E-state index in [0.717, 1.165) is 22.8 Å². The lowest BCUT2D eigenvalue weighted by Gasteiger charge is -2.19. The average molecular weight is 411 g/mol. The van der Waals surface area contributed by atoms with Crippen molar-refractivity contribution >= 4 is 6.09 Å². The number of carbonyl (C=O) groups excluding carboxylic acids is 1. The van der Waals surface area contributed by atoms with Crippen molar-refractivity contribution in [3.8, 4) is 11.4 Å². The first-order valence-electron chi connectivity index (χ1n) is 10.1. The number of hydrogen-bond acceptors (Lipinski definition) is 3. The fourth-order valence-corrected chi connectivity index (χ4v) is 3.62. The van der Waals surface area contributed by atoms with E-state index < -0.39 is 11.7 Å². The van der Waals surface area contributed by atoms with Gasteiger partial charge in [0.1, 0.15) is 11.3 Å². The molecule has 1 amide bonds. The maximum absolute atomic E-state index is 13.5. The minimum Gasteiger partial charge on any atom is -0.444 e. The van der Waals surface area contributed by atoms with Crippen LogP contribution in [0.5, 0.6) is 0 Å². The van der Waals surface area contributed by atoms with Gasteiger partial charge in [-0.25, -0.2) is 9.48 Å². The Morgan fingerprint density at radius 1 is 1.03 bits per heavy atom. The lowest BCUT2D eigenvalue weighted by atomic mass is 10.2.